The number of methoxy groups -OCH3 is 1. The number of amides is 2. The fraction of sp³-hybridized carbons (Fsp3) is 0.360. The maximum Gasteiger partial charge on any atom is 0.256 e. The first-order chi connectivity index (χ1) is 16.9. The zero-order valence-electron chi connectivity index (χ0n) is 19.3. The fourth-order valence-electron chi connectivity index (χ4n) is 4.56. The van der Waals surface area contributed by atoms with Gasteiger partial charge in [0.1, 0.15) is 17.2 Å². The van der Waals surface area contributed by atoms with E-state index in [0.717, 1.165) is 10.6 Å². The molecule has 10 heteroatoms. The van der Waals surface area contributed by atoms with Gasteiger partial charge < -0.3 is 25.8 Å². The first-order valence-electron chi connectivity index (χ1n) is 11.6. The Bertz CT molecular complexity index is 1270. The lowest BCUT2D eigenvalue weighted by Crippen LogP contribution is -2.48. The first-order valence-corrected chi connectivity index (χ1v) is 12.6. The Balaban J connectivity index is 1.19. The minimum atomic E-state index is -1.44. The molecular weight excluding hydrogens is 466 g/mol. The Labute approximate surface area is 207 Å². The number of pyridine rings is 2. The minimum absolute atomic E-state index is 0.0387. The Morgan fingerprint density at radius 1 is 1.26 bits per heavy atom. The largest absolute Gasteiger partial charge is 0.496 e. The summed E-state index contributed by atoms with van der Waals surface area (Å²) in [7, 11) is 1.57. The molecule has 3 aromatic rings. The van der Waals surface area contributed by atoms with Crippen molar-refractivity contribution in [1.82, 2.24) is 15.3 Å². The van der Waals surface area contributed by atoms with Crippen LogP contribution in [-0.4, -0.2) is 51.4 Å². The molecule has 5 rings (SSSR count). The number of hydrogen-bond acceptors (Lipinski definition) is 8. The van der Waals surface area contributed by atoms with Crippen molar-refractivity contribution in [3.05, 3.63) is 48.3 Å². The summed E-state index contributed by atoms with van der Waals surface area (Å²) >= 11 is 1.49. The number of nitrogens with one attached hydrogen (secondary N) is 3. The third-order valence-corrected chi connectivity index (χ3v) is 7.58. The third-order valence-electron chi connectivity index (χ3n) is 6.54. The van der Waals surface area contributed by atoms with E-state index in [9.17, 15) is 14.7 Å². The lowest BCUT2D eigenvalue weighted by Gasteiger charge is -2.35. The normalized spacial score (nSPS) is 21.8. The number of carbonyl (C=O) groups excluding carboxylic acids is 2. The molecule has 0 atom stereocenters. The van der Waals surface area contributed by atoms with E-state index in [-0.39, 0.29) is 11.9 Å². The molecule has 9 nitrogen and oxygen atoms in total. The molecule has 182 valence electrons. The molecule has 1 aromatic carbocycles. The summed E-state index contributed by atoms with van der Waals surface area (Å²) in [4.78, 5) is 34.6. The summed E-state index contributed by atoms with van der Waals surface area (Å²) in [6.45, 7) is 0.548. The molecule has 0 bridgehead atoms. The van der Waals surface area contributed by atoms with Crippen LogP contribution >= 0.6 is 11.8 Å². The van der Waals surface area contributed by atoms with Gasteiger partial charge in [-0.3, -0.25) is 14.6 Å². The predicted molar refractivity (Wildman–Crippen MR) is 135 cm³/mol. The molecule has 0 saturated heterocycles. The van der Waals surface area contributed by atoms with Crippen LogP contribution in [0.15, 0.2) is 47.5 Å². The van der Waals surface area contributed by atoms with Crippen LogP contribution in [0.4, 0.5) is 11.5 Å². The molecule has 2 amide bonds. The number of aliphatic hydroxyl groups is 1. The van der Waals surface area contributed by atoms with E-state index >= 15 is 0 Å². The van der Waals surface area contributed by atoms with Gasteiger partial charge in [-0.05, 0) is 56.0 Å². The van der Waals surface area contributed by atoms with Crippen molar-refractivity contribution in [2.75, 3.05) is 23.5 Å². The number of aromatic nitrogens is 2. The van der Waals surface area contributed by atoms with E-state index in [1.165, 1.54) is 11.8 Å². The van der Waals surface area contributed by atoms with E-state index < -0.39 is 11.5 Å². The second kappa shape index (κ2) is 9.80. The van der Waals surface area contributed by atoms with Gasteiger partial charge in [-0.15, -0.1) is 11.8 Å². The molecule has 1 aliphatic carbocycles. The number of fused-ring (bicyclic) bond motifs is 2. The maximum absolute atomic E-state index is 13.1. The second-order valence-corrected chi connectivity index (χ2v) is 9.86. The molecule has 1 aliphatic heterocycles. The van der Waals surface area contributed by atoms with Gasteiger partial charge in [-0.25, -0.2) is 4.98 Å². The average molecular weight is 494 g/mol. The van der Waals surface area contributed by atoms with Crippen molar-refractivity contribution in [3.63, 3.8) is 0 Å². The smallest absolute Gasteiger partial charge is 0.256 e. The SMILES string of the molecule is COc1cccc2nccc(NC(=O)C3(O)CCC(NCc4ccc5c(n4)NC(=O)CS5)CC3)c12. The van der Waals surface area contributed by atoms with Gasteiger partial charge in [-0.2, -0.15) is 0 Å². The predicted octanol–water partition coefficient (Wildman–Crippen LogP) is 3.08. The molecule has 1 fully saturated rings. The summed E-state index contributed by atoms with van der Waals surface area (Å²) in [5, 5.41) is 21.0. The summed E-state index contributed by atoms with van der Waals surface area (Å²) in [6.07, 6.45) is 3.63. The van der Waals surface area contributed by atoms with Crippen LogP contribution in [0.2, 0.25) is 0 Å². The Morgan fingerprint density at radius 2 is 2.09 bits per heavy atom. The number of carbonyl (C=O) groups is 2. The molecule has 0 radical (unpaired) electrons. The van der Waals surface area contributed by atoms with E-state index in [4.69, 9.17) is 4.74 Å². The number of benzene rings is 1. The number of rotatable bonds is 6. The number of thioether (sulfide) groups is 1. The van der Waals surface area contributed by atoms with Crippen LogP contribution in [0.1, 0.15) is 31.4 Å². The zero-order valence-corrected chi connectivity index (χ0v) is 20.2. The highest BCUT2D eigenvalue weighted by Crippen LogP contribution is 2.34. The molecule has 0 spiro atoms. The van der Waals surface area contributed by atoms with Gasteiger partial charge in [0.2, 0.25) is 5.91 Å². The molecule has 4 N–H and O–H groups in total. The number of hydrogen-bond donors (Lipinski definition) is 4. The van der Waals surface area contributed by atoms with Crippen LogP contribution in [0.3, 0.4) is 0 Å². The van der Waals surface area contributed by atoms with Crippen molar-refractivity contribution < 1.29 is 19.4 Å². The van der Waals surface area contributed by atoms with Gasteiger partial charge in [0, 0.05) is 18.8 Å². The third kappa shape index (κ3) is 4.95. The van der Waals surface area contributed by atoms with E-state index in [2.05, 4.69) is 25.9 Å². The zero-order chi connectivity index (χ0) is 24.4. The first kappa shape index (κ1) is 23.5. The number of anilines is 2. The lowest BCUT2D eigenvalue weighted by atomic mass is 9.81. The van der Waals surface area contributed by atoms with Crippen LogP contribution in [-0.2, 0) is 16.1 Å². The highest BCUT2D eigenvalue weighted by Gasteiger charge is 2.40. The number of ether oxygens (including phenoxy) is 1. The van der Waals surface area contributed by atoms with Crippen molar-refractivity contribution >= 4 is 46.0 Å². The van der Waals surface area contributed by atoms with Gasteiger partial charge in [-0.1, -0.05) is 6.07 Å². The van der Waals surface area contributed by atoms with Gasteiger partial charge in [0.25, 0.3) is 5.91 Å². The number of nitrogens with zero attached hydrogens (tertiary/aromatic N) is 2. The molecule has 2 aliphatic rings. The van der Waals surface area contributed by atoms with Crippen LogP contribution in [0.5, 0.6) is 5.75 Å². The average Bonchev–Trinajstić information content (AvgIpc) is 2.87. The van der Waals surface area contributed by atoms with Crippen LogP contribution in [0, 0.1) is 0 Å². The van der Waals surface area contributed by atoms with Gasteiger partial charge in [0.05, 0.1) is 40.0 Å². The van der Waals surface area contributed by atoms with Crippen molar-refractivity contribution in [3.8, 4) is 5.75 Å². The van der Waals surface area contributed by atoms with Crippen molar-refractivity contribution in [2.45, 2.75) is 48.8 Å². The Kier molecular flexibility index (Phi) is 6.59. The molecule has 35 heavy (non-hydrogen) atoms. The lowest BCUT2D eigenvalue weighted by molar-refractivity contribution is -0.137. The Hall–Kier alpha value is -3.21. The maximum atomic E-state index is 13.1. The molecule has 2 aromatic heterocycles. The highest BCUT2D eigenvalue weighted by molar-refractivity contribution is 8.00. The summed E-state index contributed by atoms with van der Waals surface area (Å²) in [5.74, 6) is 1.18. The summed E-state index contributed by atoms with van der Waals surface area (Å²) in [6, 6.07) is 11.3. The van der Waals surface area contributed by atoms with Crippen LogP contribution < -0.4 is 20.7 Å². The highest BCUT2D eigenvalue weighted by atomic mass is 32.2. The van der Waals surface area contributed by atoms with E-state index in [1.807, 2.05) is 30.3 Å². The fourth-order valence-corrected chi connectivity index (χ4v) is 5.32. The van der Waals surface area contributed by atoms with Gasteiger partial charge in [0.15, 0.2) is 0 Å². The molecule has 1 saturated carbocycles. The van der Waals surface area contributed by atoms with Crippen molar-refractivity contribution in [1.29, 1.82) is 0 Å². The minimum Gasteiger partial charge on any atom is -0.496 e. The van der Waals surface area contributed by atoms with E-state index in [0.29, 0.717) is 66.1 Å². The topological polar surface area (TPSA) is 125 Å². The molecule has 0 unspecified atom stereocenters. The second-order valence-electron chi connectivity index (χ2n) is 8.84. The molecule has 3 heterocycles. The van der Waals surface area contributed by atoms with Crippen molar-refractivity contribution in [2.24, 2.45) is 0 Å². The van der Waals surface area contributed by atoms with Gasteiger partial charge >= 0.3 is 0 Å². The monoisotopic (exact) mass is 493 g/mol. The Morgan fingerprint density at radius 3 is 2.89 bits per heavy atom. The summed E-state index contributed by atoms with van der Waals surface area (Å²) < 4.78 is 5.44. The quantitative estimate of drug-likeness (QED) is 0.413. The van der Waals surface area contributed by atoms with E-state index in [1.54, 1.807) is 19.4 Å². The summed E-state index contributed by atoms with van der Waals surface area (Å²) in [5.41, 5.74) is 0.663. The van der Waals surface area contributed by atoms with Crippen LogP contribution in [0.25, 0.3) is 10.9 Å². The molecular formula is C25H27N5O4S. The standard InChI is InChI=1S/C25H27N5O4S/c1-34-19-4-2-3-17-22(19)18(9-12-26-17)29-24(32)25(33)10-7-15(8-11-25)27-13-16-5-6-20-23(28-16)30-21(31)14-35-20/h2-6,9,12,15,27,33H,7-8,10-11,13-14H2,1H3,(H,26,29,32)(H,28,30,31).